The molecular formula is C15H32OS. The van der Waals surface area contributed by atoms with Crippen molar-refractivity contribution in [3.8, 4) is 0 Å². The molecule has 0 fully saturated rings. The van der Waals surface area contributed by atoms with Crippen LogP contribution in [-0.4, -0.2) is 18.0 Å². The molecule has 104 valence electrons. The molecule has 0 saturated carbocycles. The molecule has 0 aromatic heterocycles. The van der Waals surface area contributed by atoms with E-state index in [9.17, 15) is 0 Å². The first-order valence-corrected chi connectivity index (χ1v) is 7.96. The van der Waals surface area contributed by atoms with Crippen LogP contribution in [-0.2, 0) is 4.74 Å². The topological polar surface area (TPSA) is 9.23 Å². The lowest BCUT2D eigenvalue weighted by atomic mass is 9.87. The monoisotopic (exact) mass is 260 g/mol. The molecule has 0 spiro atoms. The first-order chi connectivity index (χ1) is 8.08. The lowest BCUT2D eigenvalue weighted by molar-refractivity contribution is -0.0502. The van der Waals surface area contributed by atoms with Crippen molar-refractivity contribution in [2.45, 2.75) is 78.2 Å². The summed E-state index contributed by atoms with van der Waals surface area (Å²) in [5, 5.41) is 0. The summed E-state index contributed by atoms with van der Waals surface area (Å²) in [5.74, 6) is 1.51. The van der Waals surface area contributed by atoms with Crippen LogP contribution in [0.3, 0.4) is 0 Å². The highest BCUT2D eigenvalue weighted by molar-refractivity contribution is 7.80. The zero-order valence-electron chi connectivity index (χ0n) is 12.3. The fourth-order valence-corrected chi connectivity index (χ4v) is 2.94. The predicted octanol–water partition coefficient (Wildman–Crippen LogP) is 5.10. The summed E-state index contributed by atoms with van der Waals surface area (Å²) in [4.78, 5) is 0. The molecule has 0 radical (unpaired) electrons. The van der Waals surface area contributed by atoms with Crippen molar-refractivity contribution in [2.24, 2.45) is 5.92 Å². The third kappa shape index (κ3) is 8.10. The summed E-state index contributed by atoms with van der Waals surface area (Å²) < 4.78 is 5.83. The van der Waals surface area contributed by atoms with Crippen LogP contribution in [0, 0.1) is 5.92 Å². The molecule has 0 aliphatic rings. The molecule has 0 amide bonds. The van der Waals surface area contributed by atoms with Crippen molar-refractivity contribution >= 4 is 12.6 Å². The van der Waals surface area contributed by atoms with Gasteiger partial charge in [-0.1, -0.05) is 45.4 Å². The van der Waals surface area contributed by atoms with Gasteiger partial charge in [-0.15, -0.1) is 0 Å². The second-order valence-electron chi connectivity index (χ2n) is 5.47. The van der Waals surface area contributed by atoms with Gasteiger partial charge in [0.2, 0.25) is 0 Å². The van der Waals surface area contributed by atoms with Crippen molar-refractivity contribution in [2.75, 3.05) is 12.4 Å². The van der Waals surface area contributed by atoms with E-state index in [1.165, 1.54) is 44.9 Å². The van der Waals surface area contributed by atoms with Gasteiger partial charge in [0.05, 0.1) is 5.60 Å². The van der Waals surface area contributed by atoms with E-state index in [0.717, 1.165) is 12.4 Å². The zero-order chi connectivity index (χ0) is 13.1. The fraction of sp³-hybridized carbons (Fsp3) is 1.00. The quantitative estimate of drug-likeness (QED) is 0.402. The van der Waals surface area contributed by atoms with E-state index in [4.69, 9.17) is 4.74 Å². The SMILES string of the molecule is CCCCCCCCC(CS)C(C)(C)OCC. The molecule has 0 aromatic rings. The number of hydrogen-bond donors (Lipinski definition) is 1. The summed E-state index contributed by atoms with van der Waals surface area (Å²) in [5.41, 5.74) is -0.0140. The zero-order valence-corrected chi connectivity index (χ0v) is 13.2. The molecule has 0 saturated heterocycles. The maximum absolute atomic E-state index is 5.83. The van der Waals surface area contributed by atoms with Crippen LogP contribution in [0.4, 0.5) is 0 Å². The Hall–Kier alpha value is 0.310. The Bertz CT molecular complexity index is 168. The van der Waals surface area contributed by atoms with Crippen molar-refractivity contribution < 1.29 is 4.74 Å². The van der Waals surface area contributed by atoms with Crippen molar-refractivity contribution in [1.29, 1.82) is 0 Å². The number of thiol groups is 1. The van der Waals surface area contributed by atoms with E-state index in [1.807, 2.05) is 0 Å². The van der Waals surface area contributed by atoms with Crippen LogP contribution >= 0.6 is 12.6 Å². The second-order valence-corrected chi connectivity index (χ2v) is 5.84. The molecule has 1 unspecified atom stereocenters. The largest absolute Gasteiger partial charge is 0.376 e. The van der Waals surface area contributed by atoms with Gasteiger partial charge < -0.3 is 4.74 Å². The van der Waals surface area contributed by atoms with Gasteiger partial charge in [0.25, 0.3) is 0 Å². The standard InChI is InChI=1S/C15H32OS/c1-5-7-8-9-10-11-12-14(13-17)15(3,4)16-6-2/h14,17H,5-13H2,1-4H3. The molecule has 0 rings (SSSR count). The number of rotatable bonds is 11. The molecular weight excluding hydrogens is 228 g/mol. The molecule has 1 atom stereocenters. The average Bonchev–Trinajstić information content (AvgIpc) is 2.27. The average molecular weight is 260 g/mol. The Morgan fingerprint density at radius 1 is 1.00 bits per heavy atom. The van der Waals surface area contributed by atoms with Crippen LogP contribution in [0.1, 0.15) is 72.6 Å². The number of hydrogen-bond acceptors (Lipinski definition) is 2. The van der Waals surface area contributed by atoms with Gasteiger partial charge in [0, 0.05) is 6.61 Å². The minimum Gasteiger partial charge on any atom is -0.376 e. The predicted molar refractivity (Wildman–Crippen MR) is 81.0 cm³/mol. The Labute approximate surface area is 114 Å². The van der Waals surface area contributed by atoms with Gasteiger partial charge in [-0.2, -0.15) is 12.6 Å². The Kier molecular flexibility index (Phi) is 10.4. The van der Waals surface area contributed by atoms with Gasteiger partial charge >= 0.3 is 0 Å². The van der Waals surface area contributed by atoms with Crippen LogP contribution in [0.2, 0.25) is 0 Å². The highest BCUT2D eigenvalue weighted by atomic mass is 32.1. The van der Waals surface area contributed by atoms with Gasteiger partial charge in [-0.25, -0.2) is 0 Å². The van der Waals surface area contributed by atoms with Crippen LogP contribution in [0.15, 0.2) is 0 Å². The molecule has 0 heterocycles. The molecule has 0 aromatic carbocycles. The van der Waals surface area contributed by atoms with E-state index in [1.54, 1.807) is 0 Å². The highest BCUT2D eigenvalue weighted by Crippen LogP contribution is 2.27. The van der Waals surface area contributed by atoms with Crippen LogP contribution in [0.5, 0.6) is 0 Å². The summed E-state index contributed by atoms with van der Waals surface area (Å²) in [6, 6.07) is 0. The third-order valence-electron chi connectivity index (χ3n) is 3.63. The van der Waals surface area contributed by atoms with E-state index >= 15 is 0 Å². The normalized spacial score (nSPS) is 13.9. The second kappa shape index (κ2) is 10.3. The summed E-state index contributed by atoms with van der Waals surface area (Å²) in [6.45, 7) is 9.54. The minimum atomic E-state index is -0.0140. The maximum atomic E-state index is 5.83. The maximum Gasteiger partial charge on any atom is 0.0662 e. The van der Waals surface area contributed by atoms with Gasteiger partial charge in [0.15, 0.2) is 0 Å². The first-order valence-electron chi connectivity index (χ1n) is 7.33. The Morgan fingerprint density at radius 3 is 2.12 bits per heavy atom. The van der Waals surface area contributed by atoms with Gasteiger partial charge in [-0.3, -0.25) is 0 Å². The summed E-state index contributed by atoms with van der Waals surface area (Å²) in [7, 11) is 0. The molecule has 2 heteroatoms. The third-order valence-corrected chi connectivity index (χ3v) is 4.07. The first kappa shape index (κ1) is 17.3. The van der Waals surface area contributed by atoms with Crippen molar-refractivity contribution in [1.82, 2.24) is 0 Å². The molecule has 0 aliphatic carbocycles. The number of ether oxygens (including phenoxy) is 1. The lowest BCUT2D eigenvalue weighted by Gasteiger charge is -2.33. The molecule has 0 aliphatic heterocycles. The molecule has 0 N–H and O–H groups in total. The summed E-state index contributed by atoms with van der Waals surface area (Å²) >= 11 is 4.48. The van der Waals surface area contributed by atoms with Crippen LogP contribution in [0.25, 0.3) is 0 Å². The molecule has 17 heavy (non-hydrogen) atoms. The highest BCUT2D eigenvalue weighted by Gasteiger charge is 2.28. The number of unbranched alkanes of at least 4 members (excludes halogenated alkanes) is 5. The van der Waals surface area contributed by atoms with Crippen molar-refractivity contribution in [3.63, 3.8) is 0 Å². The fourth-order valence-electron chi connectivity index (χ4n) is 2.32. The Morgan fingerprint density at radius 2 is 1.59 bits per heavy atom. The van der Waals surface area contributed by atoms with E-state index < -0.39 is 0 Å². The smallest absolute Gasteiger partial charge is 0.0662 e. The van der Waals surface area contributed by atoms with Crippen LogP contribution < -0.4 is 0 Å². The molecule has 1 nitrogen and oxygen atoms in total. The van der Waals surface area contributed by atoms with E-state index in [0.29, 0.717) is 5.92 Å². The molecule has 0 bridgehead atoms. The van der Waals surface area contributed by atoms with Crippen molar-refractivity contribution in [3.05, 3.63) is 0 Å². The lowest BCUT2D eigenvalue weighted by Crippen LogP contribution is -2.35. The summed E-state index contributed by atoms with van der Waals surface area (Å²) in [6.07, 6.45) is 9.46. The van der Waals surface area contributed by atoms with Gasteiger partial charge in [0.1, 0.15) is 0 Å². The van der Waals surface area contributed by atoms with E-state index in [2.05, 4.69) is 40.3 Å². The minimum absolute atomic E-state index is 0.0140. The van der Waals surface area contributed by atoms with E-state index in [-0.39, 0.29) is 5.60 Å². The van der Waals surface area contributed by atoms with Gasteiger partial charge in [-0.05, 0) is 38.9 Å². The Balaban J connectivity index is 3.74.